The average Bonchev–Trinajstić information content (AvgIpc) is 3.03. The molecule has 0 saturated carbocycles. The van der Waals surface area contributed by atoms with Gasteiger partial charge < -0.3 is 20.3 Å². The Morgan fingerprint density at radius 3 is 2.82 bits per heavy atom. The molecule has 1 aromatic heterocycles. The second kappa shape index (κ2) is 10.3. The summed E-state index contributed by atoms with van der Waals surface area (Å²) >= 11 is 0. The number of rotatable bonds is 6. The lowest BCUT2D eigenvalue weighted by atomic mass is 9.95. The van der Waals surface area contributed by atoms with Gasteiger partial charge in [0.2, 0.25) is 0 Å². The van der Waals surface area contributed by atoms with Gasteiger partial charge in [-0.15, -0.1) is 0 Å². The second-order valence-corrected chi connectivity index (χ2v) is 8.15. The van der Waals surface area contributed by atoms with E-state index < -0.39 is 5.60 Å². The molecular formula is C19H35N7O2. The summed E-state index contributed by atoms with van der Waals surface area (Å²) in [6, 6.07) is 0. The first-order chi connectivity index (χ1) is 13.3. The van der Waals surface area contributed by atoms with Crippen LogP contribution >= 0.6 is 0 Å². The second-order valence-electron chi connectivity index (χ2n) is 8.15. The van der Waals surface area contributed by atoms with E-state index in [1.807, 2.05) is 39.6 Å². The molecule has 1 unspecified atom stereocenters. The number of hydrogen-bond donors (Lipinski definition) is 2. The quantitative estimate of drug-likeness (QED) is 0.566. The van der Waals surface area contributed by atoms with Crippen molar-refractivity contribution in [3.8, 4) is 0 Å². The first-order valence-electron chi connectivity index (χ1n) is 10.1. The van der Waals surface area contributed by atoms with Gasteiger partial charge in [0.15, 0.2) is 5.96 Å². The van der Waals surface area contributed by atoms with Gasteiger partial charge in [-0.05, 0) is 52.9 Å². The lowest BCUT2D eigenvalue weighted by molar-refractivity contribution is 0.0162. The molecule has 1 fully saturated rings. The van der Waals surface area contributed by atoms with E-state index >= 15 is 0 Å². The van der Waals surface area contributed by atoms with Gasteiger partial charge in [-0.2, -0.15) is 5.10 Å². The largest absolute Gasteiger partial charge is 0.444 e. The van der Waals surface area contributed by atoms with Crippen LogP contribution in [0, 0.1) is 5.92 Å². The van der Waals surface area contributed by atoms with Gasteiger partial charge in [0.05, 0.1) is 0 Å². The molecule has 1 saturated heterocycles. The normalized spacial score (nSPS) is 18.1. The zero-order chi connectivity index (χ0) is 20.6. The number of piperidine rings is 1. The summed E-state index contributed by atoms with van der Waals surface area (Å²) in [6.07, 6.45) is 4.46. The predicted molar refractivity (Wildman–Crippen MR) is 109 cm³/mol. The van der Waals surface area contributed by atoms with Gasteiger partial charge in [-0.25, -0.2) is 14.8 Å². The molecule has 2 heterocycles. The van der Waals surface area contributed by atoms with Crippen LogP contribution in [-0.4, -0.2) is 63.5 Å². The topological polar surface area (TPSA) is 96.7 Å². The van der Waals surface area contributed by atoms with E-state index in [1.54, 1.807) is 4.68 Å². The highest BCUT2D eigenvalue weighted by Crippen LogP contribution is 2.21. The summed E-state index contributed by atoms with van der Waals surface area (Å²) in [5, 5.41) is 10.7. The van der Waals surface area contributed by atoms with Gasteiger partial charge in [-0.1, -0.05) is 0 Å². The van der Waals surface area contributed by atoms with Crippen molar-refractivity contribution < 1.29 is 9.53 Å². The van der Waals surface area contributed by atoms with Gasteiger partial charge in [0.1, 0.15) is 24.3 Å². The molecule has 0 spiro atoms. The van der Waals surface area contributed by atoms with Crippen LogP contribution in [0.5, 0.6) is 0 Å². The minimum absolute atomic E-state index is 0.205. The molecule has 0 aromatic carbocycles. The molecule has 1 aliphatic heterocycles. The van der Waals surface area contributed by atoms with Crippen molar-refractivity contribution in [1.82, 2.24) is 30.3 Å². The van der Waals surface area contributed by atoms with Gasteiger partial charge in [0.25, 0.3) is 0 Å². The number of likely N-dealkylation sites (tertiary alicyclic amines) is 1. The predicted octanol–water partition coefficient (Wildman–Crippen LogP) is 1.91. The molecule has 28 heavy (non-hydrogen) atoms. The van der Waals surface area contributed by atoms with E-state index in [-0.39, 0.29) is 6.09 Å². The highest BCUT2D eigenvalue weighted by atomic mass is 16.6. The number of hydrogen-bond acceptors (Lipinski definition) is 5. The maximum absolute atomic E-state index is 12.3. The van der Waals surface area contributed by atoms with Crippen LogP contribution in [-0.2, 0) is 18.3 Å². The highest BCUT2D eigenvalue weighted by Gasteiger charge is 2.27. The number of nitrogens with one attached hydrogen (secondary N) is 2. The molecule has 1 aliphatic rings. The van der Waals surface area contributed by atoms with Crippen LogP contribution in [0.25, 0.3) is 0 Å². The third-order valence-electron chi connectivity index (χ3n) is 4.54. The Labute approximate surface area is 167 Å². The SMILES string of the molecule is CCNC(=NCc1ncnn1C)NCCC1CCCN(C(=O)OC(C)(C)C)C1. The van der Waals surface area contributed by atoms with Crippen molar-refractivity contribution in [2.75, 3.05) is 26.2 Å². The van der Waals surface area contributed by atoms with Crippen LogP contribution in [0.2, 0.25) is 0 Å². The van der Waals surface area contributed by atoms with Crippen molar-refractivity contribution in [2.24, 2.45) is 18.0 Å². The number of aromatic nitrogens is 3. The van der Waals surface area contributed by atoms with Crippen molar-refractivity contribution in [1.29, 1.82) is 0 Å². The average molecular weight is 394 g/mol. The fraction of sp³-hybridized carbons (Fsp3) is 0.789. The van der Waals surface area contributed by atoms with E-state index in [0.29, 0.717) is 12.5 Å². The fourth-order valence-electron chi connectivity index (χ4n) is 3.14. The Kier molecular flexibility index (Phi) is 8.07. The number of nitrogens with zero attached hydrogens (tertiary/aromatic N) is 5. The molecule has 1 amide bonds. The summed E-state index contributed by atoms with van der Waals surface area (Å²) in [5.74, 6) is 2.05. The Morgan fingerprint density at radius 1 is 1.39 bits per heavy atom. The minimum Gasteiger partial charge on any atom is -0.444 e. The lowest BCUT2D eigenvalue weighted by Gasteiger charge is -2.34. The van der Waals surface area contributed by atoms with Crippen molar-refractivity contribution >= 4 is 12.1 Å². The molecular weight excluding hydrogens is 358 g/mol. The third-order valence-corrected chi connectivity index (χ3v) is 4.54. The smallest absolute Gasteiger partial charge is 0.410 e. The highest BCUT2D eigenvalue weighted by molar-refractivity contribution is 5.79. The molecule has 0 radical (unpaired) electrons. The van der Waals surface area contributed by atoms with Crippen molar-refractivity contribution in [2.45, 2.75) is 59.1 Å². The molecule has 0 aliphatic carbocycles. The Hall–Kier alpha value is -2.32. The summed E-state index contributed by atoms with van der Waals surface area (Å²) in [7, 11) is 1.86. The number of aliphatic imine (C=N–C) groups is 1. The first-order valence-corrected chi connectivity index (χ1v) is 10.1. The van der Waals surface area contributed by atoms with Crippen LogP contribution in [0.1, 0.15) is 52.8 Å². The van der Waals surface area contributed by atoms with E-state index in [0.717, 1.165) is 57.2 Å². The van der Waals surface area contributed by atoms with E-state index in [1.165, 1.54) is 6.33 Å². The zero-order valence-electron chi connectivity index (χ0n) is 17.9. The maximum atomic E-state index is 12.3. The van der Waals surface area contributed by atoms with Crippen LogP contribution in [0.3, 0.4) is 0 Å². The van der Waals surface area contributed by atoms with Gasteiger partial charge in [0, 0.05) is 33.2 Å². The number of aryl methyl sites for hydroxylation is 1. The molecule has 2 N–H and O–H groups in total. The summed E-state index contributed by atoms with van der Waals surface area (Å²) < 4.78 is 7.23. The van der Waals surface area contributed by atoms with Crippen molar-refractivity contribution in [3.63, 3.8) is 0 Å². The standard InChI is InChI=1S/C19H35N7O2/c1-6-20-17(22-12-16-23-14-24-25(16)5)21-10-9-15-8-7-11-26(13-15)18(27)28-19(2,3)4/h14-15H,6-13H2,1-5H3,(H2,20,21,22). The van der Waals surface area contributed by atoms with Crippen LogP contribution < -0.4 is 10.6 Å². The Bertz CT molecular complexity index is 651. The number of amides is 1. The summed E-state index contributed by atoms with van der Waals surface area (Å²) in [6.45, 7) is 11.3. The van der Waals surface area contributed by atoms with E-state index in [2.05, 4.69) is 25.7 Å². The maximum Gasteiger partial charge on any atom is 0.410 e. The van der Waals surface area contributed by atoms with E-state index in [4.69, 9.17) is 4.74 Å². The molecule has 9 heteroatoms. The Balaban J connectivity index is 1.79. The molecule has 2 rings (SSSR count). The molecule has 9 nitrogen and oxygen atoms in total. The number of guanidine groups is 1. The first kappa shape index (κ1) is 22.0. The number of ether oxygens (including phenoxy) is 1. The summed E-state index contributed by atoms with van der Waals surface area (Å²) in [5.41, 5.74) is -0.453. The molecule has 158 valence electrons. The minimum atomic E-state index is -0.453. The Morgan fingerprint density at radius 2 is 2.18 bits per heavy atom. The van der Waals surface area contributed by atoms with Crippen LogP contribution in [0.4, 0.5) is 4.79 Å². The number of carbonyl (C=O) groups is 1. The third kappa shape index (κ3) is 7.36. The fourth-order valence-corrected chi connectivity index (χ4v) is 3.14. The lowest BCUT2D eigenvalue weighted by Crippen LogP contribution is -2.44. The molecule has 1 atom stereocenters. The monoisotopic (exact) mass is 393 g/mol. The van der Waals surface area contributed by atoms with E-state index in [9.17, 15) is 4.79 Å². The van der Waals surface area contributed by atoms with Gasteiger partial charge in [-0.3, -0.25) is 4.68 Å². The van der Waals surface area contributed by atoms with Gasteiger partial charge >= 0.3 is 6.09 Å². The van der Waals surface area contributed by atoms with Crippen LogP contribution in [0.15, 0.2) is 11.3 Å². The zero-order valence-corrected chi connectivity index (χ0v) is 17.9. The molecule has 0 bridgehead atoms. The molecule has 1 aromatic rings. The van der Waals surface area contributed by atoms with Crippen molar-refractivity contribution in [3.05, 3.63) is 12.2 Å². The number of carbonyl (C=O) groups excluding carboxylic acids is 1. The summed E-state index contributed by atoms with van der Waals surface area (Å²) in [4.78, 5) is 22.9.